The summed E-state index contributed by atoms with van der Waals surface area (Å²) in [5.74, 6) is 0.0250. The number of amides is 1. The fraction of sp³-hybridized carbons (Fsp3) is 0.250. The number of nitrogens with one attached hydrogen (secondary N) is 1. The van der Waals surface area contributed by atoms with E-state index in [0.29, 0.717) is 5.69 Å². The molecule has 3 N–H and O–H groups in total. The number of hydrogen-bond donors (Lipinski definition) is 2. The molecule has 1 heterocycles. The van der Waals surface area contributed by atoms with Crippen molar-refractivity contribution in [3.63, 3.8) is 0 Å². The zero-order valence-corrected chi connectivity index (χ0v) is 14.4. The number of aryl methyl sites for hydroxylation is 2. The number of hydrogen-bond acceptors (Lipinski definition) is 3. The van der Waals surface area contributed by atoms with Crippen LogP contribution in [-0.4, -0.2) is 17.9 Å². The van der Waals surface area contributed by atoms with Gasteiger partial charge in [-0.2, -0.15) is 0 Å². The van der Waals surface area contributed by atoms with E-state index in [9.17, 15) is 4.79 Å². The highest BCUT2D eigenvalue weighted by Gasteiger charge is 2.18. The van der Waals surface area contributed by atoms with Gasteiger partial charge < -0.3 is 16.0 Å². The third kappa shape index (κ3) is 3.27. The lowest BCUT2D eigenvalue weighted by Crippen LogP contribution is -2.24. The normalized spacial score (nSPS) is 16.7. The fourth-order valence-corrected chi connectivity index (χ4v) is 2.98. The average molecular weight is 321 g/mol. The maximum absolute atomic E-state index is 12.7. The van der Waals surface area contributed by atoms with E-state index < -0.39 is 0 Å². The first-order valence-corrected chi connectivity index (χ1v) is 8.14. The molecule has 0 radical (unpaired) electrons. The van der Waals surface area contributed by atoms with Gasteiger partial charge in [0.1, 0.15) is 0 Å². The highest BCUT2D eigenvalue weighted by atomic mass is 16.2. The Bertz CT molecular complexity index is 824. The molecule has 0 aliphatic carbocycles. The predicted octanol–water partition coefficient (Wildman–Crippen LogP) is 4.24. The van der Waals surface area contributed by atoms with Gasteiger partial charge in [-0.15, -0.1) is 0 Å². The van der Waals surface area contributed by atoms with Crippen molar-refractivity contribution in [2.75, 3.05) is 18.1 Å². The number of nitrogen functional groups attached to an aromatic ring is 1. The quantitative estimate of drug-likeness (QED) is 0.813. The summed E-state index contributed by atoms with van der Waals surface area (Å²) in [4.78, 5) is 14.4. The lowest BCUT2D eigenvalue weighted by molar-refractivity contribution is 0.0846. The Labute approximate surface area is 143 Å². The molecule has 4 nitrogen and oxygen atoms in total. The molecule has 0 unspecified atom stereocenters. The molecule has 0 spiro atoms. The van der Waals surface area contributed by atoms with E-state index in [-0.39, 0.29) is 5.91 Å². The van der Waals surface area contributed by atoms with Gasteiger partial charge in [0.15, 0.2) is 0 Å². The Balaban J connectivity index is 1.95. The Morgan fingerprint density at radius 2 is 1.88 bits per heavy atom. The predicted molar refractivity (Wildman–Crippen MR) is 99.5 cm³/mol. The minimum Gasteiger partial charge on any atom is -0.399 e. The van der Waals surface area contributed by atoms with E-state index in [1.807, 2.05) is 56.6 Å². The van der Waals surface area contributed by atoms with Crippen LogP contribution < -0.4 is 11.1 Å². The van der Waals surface area contributed by atoms with Crippen molar-refractivity contribution in [1.29, 1.82) is 0 Å². The molecule has 1 aliphatic heterocycles. The van der Waals surface area contributed by atoms with Crippen LogP contribution >= 0.6 is 0 Å². The second kappa shape index (κ2) is 6.40. The minimum absolute atomic E-state index is 0.0250. The second-order valence-corrected chi connectivity index (χ2v) is 6.46. The summed E-state index contributed by atoms with van der Waals surface area (Å²) in [5, 5.41) is 3.38. The molecule has 0 saturated heterocycles. The molecule has 0 aromatic heterocycles. The molecular weight excluding hydrogens is 298 g/mol. The molecule has 2 aromatic rings. The molecule has 2 aromatic carbocycles. The zero-order valence-electron chi connectivity index (χ0n) is 14.4. The lowest BCUT2D eigenvalue weighted by Gasteiger charge is -2.21. The van der Waals surface area contributed by atoms with Crippen LogP contribution in [-0.2, 0) is 6.42 Å². The largest absolute Gasteiger partial charge is 0.399 e. The third-order valence-corrected chi connectivity index (χ3v) is 4.40. The van der Waals surface area contributed by atoms with Crippen molar-refractivity contribution in [2.24, 2.45) is 0 Å². The van der Waals surface area contributed by atoms with E-state index >= 15 is 0 Å². The Hall–Kier alpha value is -2.75. The summed E-state index contributed by atoms with van der Waals surface area (Å²) in [5.41, 5.74) is 12.6. The number of nitrogens with two attached hydrogens (primary N) is 1. The summed E-state index contributed by atoms with van der Waals surface area (Å²) in [6, 6.07) is 11.8. The van der Waals surface area contributed by atoms with E-state index in [0.717, 1.165) is 40.9 Å². The van der Waals surface area contributed by atoms with Gasteiger partial charge in [0.2, 0.25) is 0 Å². The van der Waals surface area contributed by atoms with Crippen molar-refractivity contribution < 1.29 is 4.79 Å². The summed E-state index contributed by atoms with van der Waals surface area (Å²) < 4.78 is 0. The first-order valence-electron chi connectivity index (χ1n) is 8.14. The van der Waals surface area contributed by atoms with Gasteiger partial charge in [-0.05, 0) is 62.1 Å². The SMILES string of the molecule is C/C1=C\N(C)C(=O)c2cc(Nc3cc(N)ccc3C)ccc2CC1. The van der Waals surface area contributed by atoms with E-state index in [1.54, 1.807) is 4.90 Å². The van der Waals surface area contributed by atoms with E-state index in [4.69, 9.17) is 5.73 Å². The molecule has 0 bridgehead atoms. The van der Waals surface area contributed by atoms with Crippen molar-refractivity contribution in [1.82, 2.24) is 4.90 Å². The number of rotatable bonds is 2. The average Bonchev–Trinajstić information content (AvgIpc) is 2.55. The monoisotopic (exact) mass is 321 g/mol. The number of anilines is 3. The van der Waals surface area contributed by atoms with Gasteiger partial charge in [-0.3, -0.25) is 4.79 Å². The van der Waals surface area contributed by atoms with Gasteiger partial charge in [0.25, 0.3) is 5.91 Å². The van der Waals surface area contributed by atoms with Gasteiger partial charge in [0.05, 0.1) is 0 Å². The Morgan fingerprint density at radius 3 is 2.67 bits per heavy atom. The maximum atomic E-state index is 12.7. The molecule has 24 heavy (non-hydrogen) atoms. The topological polar surface area (TPSA) is 58.4 Å². The second-order valence-electron chi connectivity index (χ2n) is 6.46. The maximum Gasteiger partial charge on any atom is 0.257 e. The highest BCUT2D eigenvalue weighted by Crippen LogP contribution is 2.27. The molecule has 0 saturated carbocycles. The van der Waals surface area contributed by atoms with Gasteiger partial charge in [-0.1, -0.05) is 17.7 Å². The summed E-state index contributed by atoms with van der Waals surface area (Å²) >= 11 is 0. The van der Waals surface area contributed by atoms with E-state index in [1.165, 1.54) is 5.57 Å². The smallest absolute Gasteiger partial charge is 0.257 e. The van der Waals surface area contributed by atoms with E-state index in [2.05, 4.69) is 12.2 Å². The number of allylic oxidation sites excluding steroid dienone is 1. The summed E-state index contributed by atoms with van der Waals surface area (Å²) in [7, 11) is 1.81. The molecule has 3 rings (SSSR count). The van der Waals surface area contributed by atoms with Crippen LogP contribution in [0, 0.1) is 6.92 Å². The molecule has 1 aliphatic rings. The molecule has 1 amide bonds. The fourth-order valence-electron chi connectivity index (χ4n) is 2.98. The number of nitrogens with zero attached hydrogens (tertiary/aromatic N) is 1. The van der Waals surface area contributed by atoms with Gasteiger partial charge >= 0.3 is 0 Å². The van der Waals surface area contributed by atoms with Crippen LogP contribution in [0.4, 0.5) is 17.1 Å². The highest BCUT2D eigenvalue weighted by molar-refractivity contribution is 5.97. The number of fused-ring (bicyclic) bond motifs is 1. The van der Waals surface area contributed by atoms with Crippen molar-refractivity contribution in [2.45, 2.75) is 26.7 Å². The Kier molecular flexibility index (Phi) is 4.30. The number of carbonyl (C=O) groups excluding carboxylic acids is 1. The molecule has 0 atom stereocenters. The third-order valence-electron chi connectivity index (χ3n) is 4.40. The standard InChI is InChI=1S/C20H23N3O/c1-13-4-6-15-7-9-17(11-18(15)20(24)23(3)12-13)22-19-10-16(21)8-5-14(19)2/h5,7-12,22H,4,6,21H2,1-3H3/b13-12+. The van der Waals surface area contributed by atoms with Crippen molar-refractivity contribution >= 4 is 23.0 Å². The lowest BCUT2D eigenvalue weighted by atomic mass is 9.97. The molecule has 4 heteroatoms. The van der Waals surface area contributed by atoms with Crippen LogP contribution in [0.2, 0.25) is 0 Å². The molecule has 124 valence electrons. The van der Waals surface area contributed by atoms with Crippen LogP contribution in [0.3, 0.4) is 0 Å². The first kappa shape index (κ1) is 16.1. The summed E-state index contributed by atoms with van der Waals surface area (Å²) in [6.07, 6.45) is 3.77. The Morgan fingerprint density at radius 1 is 1.08 bits per heavy atom. The minimum atomic E-state index is 0.0250. The zero-order chi connectivity index (χ0) is 17.3. The summed E-state index contributed by atoms with van der Waals surface area (Å²) in [6.45, 7) is 4.09. The number of carbonyl (C=O) groups is 1. The van der Waals surface area contributed by atoms with Crippen LogP contribution in [0.5, 0.6) is 0 Å². The van der Waals surface area contributed by atoms with Gasteiger partial charge in [-0.25, -0.2) is 0 Å². The molecule has 0 fully saturated rings. The van der Waals surface area contributed by atoms with Crippen LogP contribution in [0.15, 0.2) is 48.2 Å². The first-order chi connectivity index (χ1) is 11.4. The van der Waals surface area contributed by atoms with Crippen molar-refractivity contribution in [3.8, 4) is 0 Å². The van der Waals surface area contributed by atoms with Crippen LogP contribution in [0.1, 0.15) is 34.8 Å². The number of benzene rings is 2. The van der Waals surface area contributed by atoms with Gasteiger partial charge in [0, 0.05) is 35.9 Å². The molecular formula is C20H23N3O. The van der Waals surface area contributed by atoms with Crippen molar-refractivity contribution in [3.05, 3.63) is 64.9 Å². The van der Waals surface area contributed by atoms with Crippen LogP contribution in [0.25, 0.3) is 0 Å².